The number of nitrogens with one attached hydrogen (secondary N) is 2. The number of amides is 1. The molecule has 1 amide bonds. The molecule has 0 unspecified atom stereocenters. The van der Waals surface area contributed by atoms with Gasteiger partial charge in [0.1, 0.15) is 11.6 Å². The molecule has 1 aliphatic rings. The van der Waals surface area contributed by atoms with E-state index in [0.29, 0.717) is 34.1 Å². The summed E-state index contributed by atoms with van der Waals surface area (Å²) in [4.78, 5) is 36.7. The van der Waals surface area contributed by atoms with Crippen LogP contribution in [0.25, 0.3) is 10.8 Å². The molecule has 3 aromatic rings. The van der Waals surface area contributed by atoms with Gasteiger partial charge in [0.25, 0.3) is 11.1 Å². The number of aromatic amines is 1. The minimum atomic E-state index is -0.385. The van der Waals surface area contributed by atoms with Gasteiger partial charge in [0, 0.05) is 18.5 Å². The van der Waals surface area contributed by atoms with Crippen molar-refractivity contribution in [3.05, 3.63) is 74.0 Å². The summed E-state index contributed by atoms with van der Waals surface area (Å²) in [5, 5.41) is 5.86. The highest BCUT2D eigenvalue weighted by Gasteiger charge is 2.17. The van der Waals surface area contributed by atoms with E-state index >= 15 is 0 Å². The number of aryl methyl sites for hydroxylation is 1. The molecule has 8 nitrogen and oxygen atoms in total. The zero-order chi connectivity index (χ0) is 21.1. The van der Waals surface area contributed by atoms with Gasteiger partial charge in [0.15, 0.2) is 6.79 Å². The van der Waals surface area contributed by atoms with Gasteiger partial charge in [-0.25, -0.2) is 9.07 Å². The van der Waals surface area contributed by atoms with Crippen molar-refractivity contribution in [2.75, 3.05) is 13.3 Å². The first kappa shape index (κ1) is 19.8. The second kappa shape index (κ2) is 8.50. The number of H-pyrrole nitrogens is 1. The van der Waals surface area contributed by atoms with Crippen LogP contribution in [-0.4, -0.2) is 29.0 Å². The van der Waals surface area contributed by atoms with Crippen molar-refractivity contribution in [3.63, 3.8) is 0 Å². The maximum absolute atomic E-state index is 13.8. The third kappa shape index (κ3) is 4.11. The molecule has 0 atom stereocenters. The van der Waals surface area contributed by atoms with E-state index in [9.17, 15) is 18.8 Å². The lowest BCUT2D eigenvalue weighted by Crippen LogP contribution is -2.33. The van der Waals surface area contributed by atoms with Crippen LogP contribution in [-0.2, 0) is 29.1 Å². The van der Waals surface area contributed by atoms with Crippen LogP contribution < -0.4 is 21.2 Å². The summed E-state index contributed by atoms with van der Waals surface area (Å²) in [6.45, 7) is 0.713. The number of nitrogens with zero attached hydrogens (tertiary/aromatic N) is 1. The molecular formula is C21H20FN3O5. The Kier molecular flexibility index (Phi) is 5.62. The molecule has 2 heterocycles. The SMILES string of the molecule is O=C(CCn1[nH]c(=O)c2ccccc2c1=O)NCCc1cc(F)cc2c1OCOC2. The Balaban J connectivity index is 1.36. The van der Waals surface area contributed by atoms with Crippen molar-refractivity contribution in [2.45, 2.75) is 26.0 Å². The molecule has 9 heteroatoms. The van der Waals surface area contributed by atoms with Crippen molar-refractivity contribution in [3.8, 4) is 5.75 Å². The van der Waals surface area contributed by atoms with E-state index in [2.05, 4.69) is 10.4 Å². The molecule has 0 spiro atoms. The number of fused-ring (bicyclic) bond motifs is 2. The van der Waals surface area contributed by atoms with Gasteiger partial charge in [-0.2, -0.15) is 0 Å². The Hall–Kier alpha value is -3.46. The highest BCUT2D eigenvalue weighted by Crippen LogP contribution is 2.29. The number of rotatable bonds is 6. The molecule has 0 fully saturated rings. The molecule has 0 aliphatic carbocycles. The molecule has 4 rings (SSSR count). The van der Waals surface area contributed by atoms with Crippen LogP contribution in [0.5, 0.6) is 5.75 Å². The summed E-state index contributed by atoms with van der Waals surface area (Å²) in [7, 11) is 0. The van der Waals surface area contributed by atoms with Crippen LogP contribution in [0, 0.1) is 5.82 Å². The number of ether oxygens (including phenoxy) is 2. The number of benzene rings is 2. The fourth-order valence-electron chi connectivity index (χ4n) is 3.48. The average Bonchev–Trinajstić information content (AvgIpc) is 2.75. The van der Waals surface area contributed by atoms with Gasteiger partial charge in [-0.15, -0.1) is 0 Å². The highest BCUT2D eigenvalue weighted by atomic mass is 19.1. The molecular weight excluding hydrogens is 393 g/mol. The van der Waals surface area contributed by atoms with Crippen molar-refractivity contribution in [2.24, 2.45) is 0 Å². The number of carbonyl (C=O) groups excluding carboxylic acids is 1. The Labute approximate surface area is 170 Å². The van der Waals surface area contributed by atoms with Gasteiger partial charge >= 0.3 is 0 Å². The first-order valence-corrected chi connectivity index (χ1v) is 9.53. The Morgan fingerprint density at radius 1 is 1.20 bits per heavy atom. The second-order valence-electron chi connectivity index (χ2n) is 6.96. The number of halogens is 1. The molecule has 0 saturated carbocycles. The topological polar surface area (TPSA) is 102 Å². The molecule has 2 aromatic carbocycles. The molecule has 2 N–H and O–H groups in total. The van der Waals surface area contributed by atoms with E-state index in [0.717, 1.165) is 4.68 Å². The molecule has 1 aromatic heterocycles. The van der Waals surface area contributed by atoms with Gasteiger partial charge < -0.3 is 14.8 Å². The van der Waals surface area contributed by atoms with E-state index in [1.165, 1.54) is 12.1 Å². The fraction of sp³-hybridized carbons (Fsp3) is 0.286. The molecule has 30 heavy (non-hydrogen) atoms. The summed E-state index contributed by atoms with van der Waals surface area (Å²) in [6.07, 6.45) is 0.401. The third-order valence-corrected chi connectivity index (χ3v) is 4.91. The van der Waals surface area contributed by atoms with Gasteiger partial charge in [0.05, 0.1) is 23.9 Å². The van der Waals surface area contributed by atoms with Crippen LogP contribution in [0.4, 0.5) is 4.39 Å². The number of aromatic nitrogens is 2. The summed E-state index contributed by atoms with van der Waals surface area (Å²) < 4.78 is 25.5. The van der Waals surface area contributed by atoms with Gasteiger partial charge in [-0.3, -0.25) is 19.5 Å². The van der Waals surface area contributed by atoms with Crippen LogP contribution in [0.3, 0.4) is 0 Å². The van der Waals surface area contributed by atoms with Crippen LogP contribution in [0.2, 0.25) is 0 Å². The monoisotopic (exact) mass is 413 g/mol. The van der Waals surface area contributed by atoms with Gasteiger partial charge in [-0.1, -0.05) is 12.1 Å². The van der Waals surface area contributed by atoms with E-state index in [1.54, 1.807) is 24.3 Å². The standard InChI is InChI=1S/C21H20FN3O5/c22-15-9-13(19-14(10-15)11-29-12-30-19)5-7-23-18(26)6-8-25-21(28)17-4-2-1-3-16(17)20(27)24-25/h1-4,9-10H,5-8,11-12H2,(H,23,26)(H,24,27). The molecule has 0 bridgehead atoms. The Bertz CT molecular complexity index is 1220. The van der Waals surface area contributed by atoms with E-state index in [-0.39, 0.29) is 55.8 Å². The van der Waals surface area contributed by atoms with Crippen molar-refractivity contribution >= 4 is 16.7 Å². The largest absolute Gasteiger partial charge is 0.467 e. The quantitative estimate of drug-likeness (QED) is 0.637. The van der Waals surface area contributed by atoms with Crippen molar-refractivity contribution in [1.82, 2.24) is 15.1 Å². The van der Waals surface area contributed by atoms with E-state index in [4.69, 9.17) is 9.47 Å². The maximum atomic E-state index is 13.8. The van der Waals surface area contributed by atoms with Crippen LogP contribution >= 0.6 is 0 Å². The predicted molar refractivity (Wildman–Crippen MR) is 107 cm³/mol. The number of hydrogen-bond acceptors (Lipinski definition) is 5. The predicted octanol–water partition coefficient (Wildman–Crippen LogP) is 1.44. The second-order valence-corrected chi connectivity index (χ2v) is 6.96. The van der Waals surface area contributed by atoms with Crippen LogP contribution in [0.15, 0.2) is 46.0 Å². The first-order valence-electron chi connectivity index (χ1n) is 9.53. The smallest absolute Gasteiger partial charge is 0.273 e. The van der Waals surface area contributed by atoms with Crippen LogP contribution in [0.1, 0.15) is 17.5 Å². The Morgan fingerprint density at radius 3 is 2.83 bits per heavy atom. The van der Waals surface area contributed by atoms with E-state index in [1.807, 2.05) is 0 Å². The highest BCUT2D eigenvalue weighted by molar-refractivity contribution is 5.80. The van der Waals surface area contributed by atoms with Gasteiger partial charge in [0.2, 0.25) is 5.91 Å². The zero-order valence-electron chi connectivity index (χ0n) is 16.1. The third-order valence-electron chi connectivity index (χ3n) is 4.91. The minimum absolute atomic E-state index is 0.0137. The summed E-state index contributed by atoms with van der Waals surface area (Å²) >= 11 is 0. The number of carbonyl (C=O) groups is 1. The zero-order valence-corrected chi connectivity index (χ0v) is 16.1. The Morgan fingerprint density at radius 2 is 2.00 bits per heavy atom. The summed E-state index contributed by atoms with van der Waals surface area (Å²) in [5.41, 5.74) is 0.556. The lowest BCUT2D eigenvalue weighted by atomic mass is 10.1. The maximum Gasteiger partial charge on any atom is 0.273 e. The molecule has 156 valence electrons. The lowest BCUT2D eigenvalue weighted by molar-refractivity contribution is -0.121. The van der Waals surface area contributed by atoms with Crippen molar-refractivity contribution < 1.29 is 18.7 Å². The summed E-state index contributed by atoms with van der Waals surface area (Å²) in [6, 6.07) is 9.28. The fourth-order valence-corrected chi connectivity index (χ4v) is 3.48. The molecule has 1 aliphatic heterocycles. The molecule has 0 radical (unpaired) electrons. The van der Waals surface area contributed by atoms with E-state index < -0.39 is 0 Å². The average molecular weight is 413 g/mol. The summed E-state index contributed by atoms with van der Waals surface area (Å²) in [5.74, 6) is -0.0774. The van der Waals surface area contributed by atoms with Gasteiger partial charge in [-0.05, 0) is 36.2 Å². The lowest BCUT2D eigenvalue weighted by Gasteiger charge is -2.21. The normalized spacial score (nSPS) is 13.0. The first-order chi connectivity index (χ1) is 14.5. The minimum Gasteiger partial charge on any atom is -0.467 e. The molecule has 0 saturated heterocycles. The number of hydrogen-bond donors (Lipinski definition) is 2. The van der Waals surface area contributed by atoms with Crippen molar-refractivity contribution in [1.29, 1.82) is 0 Å².